The molecule has 5 nitrogen and oxygen atoms in total. The molecule has 0 aromatic heterocycles. The largest absolute Gasteiger partial charge is 0.486 e. The quantitative estimate of drug-likeness (QED) is 0.890. The van der Waals surface area contributed by atoms with Crippen molar-refractivity contribution in [1.29, 1.82) is 0 Å². The molecule has 0 spiro atoms. The molecule has 1 N–H and O–H groups in total. The van der Waals surface area contributed by atoms with Crippen LogP contribution in [0.25, 0.3) is 0 Å². The number of carbonyl (C=O) groups is 1. The molecular weight excluding hydrogens is 354 g/mol. The van der Waals surface area contributed by atoms with E-state index in [0.29, 0.717) is 31.3 Å². The standard InChI is InChI=1S/C20H20F2N2O3/c21-15-4-5-16(22)14(10-15)12-23-20(25)24-7-1-2-17(24)13-3-6-18-19(11-13)27-9-8-26-18/h3-6,10-11,17H,1-2,7-9,12H2,(H,23,25). The van der Waals surface area contributed by atoms with E-state index in [4.69, 9.17) is 9.47 Å². The first-order valence-corrected chi connectivity index (χ1v) is 9.00. The number of nitrogens with zero attached hydrogens (tertiary/aromatic N) is 1. The van der Waals surface area contributed by atoms with Crippen LogP contribution >= 0.6 is 0 Å². The monoisotopic (exact) mass is 374 g/mol. The number of halogens is 2. The summed E-state index contributed by atoms with van der Waals surface area (Å²) < 4.78 is 38.2. The third-order valence-electron chi connectivity index (χ3n) is 4.90. The topological polar surface area (TPSA) is 50.8 Å². The zero-order valence-corrected chi connectivity index (χ0v) is 14.7. The van der Waals surface area contributed by atoms with E-state index in [2.05, 4.69) is 5.32 Å². The lowest BCUT2D eigenvalue weighted by molar-refractivity contribution is 0.170. The van der Waals surface area contributed by atoms with Crippen molar-refractivity contribution in [3.8, 4) is 11.5 Å². The van der Waals surface area contributed by atoms with Gasteiger partial charge < -0.3 is 19.7 Å². The van der Waals surface area contributed by atoms with Gasteiger partial charge in [0.15, 0.2) is 11.5 Å². The Hall–Kier alpha value is -2.83. The number of nitrogens with one attached hydrogen (secondary N) is 1. The Bertz CT molecular complexity index is 859. The van der Waals surface area contributed by atoms with E-state index in [1.807, 2.05) is 18.2 Å². The van der Waals surface area contributed by atoms with Crippen molar-refractivity contribution < 1.29 is 23.0 Å². The number of hydrogen-bond donors (Lipinski definition) is 1. The Morgan fingerprint density at radius 3 is 2.78 bits per heavy atom. The van der Waals surface area contributed by atoms with Crippen LogP contribution < -0.4 is 14.8 Å². The fraction of sp³-hybridized carbons (Fsp3) is 0.350. The zero-order chi connectivity index (χ0) is 18.8. The number of amides is 2. The normalized spacial score (nSPS) is 18.4. The van der Waals surface area contributed by atoms with Crippen molar-refractivity contribution in [3.63, 3.8) is 0 Å². The highest BCUT2D eigenvalue weighted by atomic mass is 19.1. The van der Waals surface area contributed by atoms with Crippen LogP contribution in [0.2, 0.25) is 0 Å². The second-order valence-electron chi connectivity index (χ2n) is 6.65. The molecular formula is C20H20F2N2O3. The minimum Gasteiger partial charge on any atom is -0.486 e. The highest BCUT2D eigenvalue weighted by Crippen LogP contribution is 2.38. The maximum atomic E-state index is 13.7. The summed E-state index contributed by atoms with van der Waals surface area (Å²) >= 11 is 0. The fourth-order valence-electron chi connectivity index (χ4n) is 3.57. The van der Waals surface area contributed by atoms with E-state index in [1.54, 1.807) is 4.90 Å². The predicted molar refractivity (Wildman–Crippen MR) is 94.7 cm³/mol. The number of fused-ring (bicyclic) bond motifs is 1. The van der Waals surface area contributed by atoms with Crippen molar-refractivity contribution in [1.82, 2.24) is 10.2 Å². The fourth-order valence-corrected chi connectivity index (χ4v) is 3.57. The van der Waals surface area contributed by atoms with Gasteiger partial charge >= 0.3 is 6.03 Å². The SMILES string of the molecule is O=C(NCc1cc(F)ccc1F)N1CCCC1c1ccc2c(c1)OCCO2. The minimum atomic E-state index is -0.540. The summed E-state index contributed by atoms with van der Waals surface area (Å²) in [7, 11) is 0. The molecule has 7 heteroatoms. The summed E-state index contributed by atoms with van der Waals surface area (Å²) in [5.74, 6) is 0.325. The summed E-state index contributed by atoms with van der Waals surface area (Å²) in [6, 6.07) is 8.55. The van der Waals surface area contributed by atoms with Crippen molar-refractivity contribution in [2.75, 3.05) is 19.8 Å². The van der Waals surface area contributed by atoms with Gasteiger partial charge in [-0.2, -0.15) is 0 Å². The van der Waals surface area contributed by atoms with Crippen LogP contribution in [0.1, 0.15) is 30.0 Å². The lowest BCUT2D eigenvalue weighted by Crippen LogP contribution is -2.39. The molecule has 2 aliphatic heterocycles. The van der Waals surface area contributed by atoms with Gasteiger partial charge in [0.2, 0.25) is 0 Å². The van der Waals surface area contributed by atoms with E-state index in [-0.39, 0.29) is 24.2 Å². The molecule has 142 valence electrons. The van der Waals surface area contributed by atoms with Crippen molar-refractivity contribution >= 4 is 6.03 Å². The number of carbonyl (C=O) groups excluding carboxylic acids is 1. The molecule has 2 heterocycles. The molecule has 4 rings (SSSR count). The molecule has 0 saturated carbocycles. The highest BCUT2D eigenvalue weighted by molar-refractivity contribution is 5.75. The number of likely N-dealkylation sites (tertiary alicyclic amines) is 1. The summed E-state index contributed by atoms with van der Waals surface area (Å²) in [6.07, 6.45) is 1.71. The van der Waals surface area contributed by atoms with Gasteiger partial charge in [0.25, 0.3) is 0 Å². The van der Waals surface area contributed by atoms with Gasteiger partial charge in [0.05, 0.1) is 6.04 Å². The summed E-state index contributed by atoms with van der Waals surface area (Å²) in [5.41, 5.74) is 1.10. The Kier molecular flexibility index (Phi) is 4.83. The highest BCUT2D eigenvalue weighted by Gasteiger charge is 2.31. The Morgan fingerprint density at radius 2 is 1.93 bits per heavy atom. The van der Waals surface area contributed by atoms with Gasteiger partial charge in [-0.15, -0.1) is 0 Å². The summed E-state index contributed by atoms with van der Waals surface area (Å²) in [4.78, 5) is 14.4. The maximum absolute atomic E-state index is 13.7. The van der Waals surface area contributed by atoms with E-state index < -0.39 is 11.6 Å². The Labute approximate surface area is 155 Å². The third-order valence-corrected chi connectivity index (χ3v) is 4.90. The number of urea groups is 1. The summed E-state index contributed by atoms with van der Waals surface area (Å²) in [6.45, 7) is 1.58. The van der Waals surface area contributed by atoms with Gasteiger partial charge in [-0.05, 0) is 48.7 Å². The van der Waals surface area contributed by atoms with Crippen molar-refractivity contribution in [2.24, 2.45) is 0 Å². The molecule has 0 radical (unpaired) electrons. The summed E-state index contributed by atoms with van der Waals surface area (Å²) in [5, 5.41) is 2.70. The molecule has 2 aliphatic rings. The van der Waals surface area contributed by atoms with Crippen LogP contribution in [0.4, 0.5) is 13.6 Å². The number of ether oxygens (including phenoxy) is 2. The maximum Gasteiger partial charge on any atom is 0.318 e. The Morgan fingerprint density at radius 1 is 1.11 bits per heavy atom. The first-order valence-electron chi connectivity index (χ1n) is 9.00. The van der Waals surface area contributed by atoms with E-state index in [0.717, 1.165) is 36.6 Å². The minimum absolute atomic E-state index is 0.0627. The first-order chi connectivity index (χ1) is 13.1. The molecule has 1 fully saturated rings. The molecule has 2 aromatic rings. The molecule has 2 amide bonds. The van der Waals surface area contributed by atoms with Gasteiger partial charge in [-0.25, -0.2) is 13.6 Å². The van der Waals surface area contributed by atoms with E-state index in [1.165, 1.54) is 0 Å². The Balaban J connectivity index is 1.46. The van der Waals surface area contributed by atoms with Crippen molar-refractivity contribution in [3.05, 3.63) is 59.2 Å². The predicted octanol–water partition coefficient (Wildman–Crippen LogP) is 3.78. The van der Waals surface area contributed by atoms with Crippen LogP contribution in [0.5, 0.6) is 11.5 Å². The van der Waals surface area contributed by atoms with Crippen LogP contribution in [0.15, 0.2) is 36.4 Å². The first kappa shape index (κ1) is 17.6. The van der Waals surface area contributed by atoms with E-state index in [9.17, 15) is 13.6 Å². The zero-order valence-electron chi connectivity index (χ0n) is 14.7. The van der Waals surface area contributed by atoms with Crippen LogP contribution in [0.3, 0.4) is 0 Å². The second-order valence-corrected chi connectivity index (χ2v) is 6.65. The van der Waals surface area contributed by atoms with E-state index >= 15 is 0 Å². The molecule has 2 aromatic carbocycles. The van der Waals surface area contributed by atoms with Crippen LogP contribution in [-0.4, -0.2) is 30.7 Å². The molecule has 27 heavy (non-hydrogen) atoms. The number of benzene rings is 2. The molecule has 1 saturated heterocycles. The van der Waals surface area contributed by atoms with Gasteiger partial charge in [-0.3, -0.25) is 0 Å². The van der Waals surface area contributed by atoms with Gasteiger partial charge in [0.1, 0.15) is 24.8 Å². The lowest BCUT2D eigenvalue weighted by Gasteiger charge is -2.27. The molecule has 0 aliphatic carbocycles. The van der Waals surface area contributed by atoms with Gasteiger partial charge in [0, 0.05) is 18.7 Å². The third kappa shape index (κ3) is 3.67. The molecule has 1 unspecified atom stereocenters. The molecule has 0 bridgehead atoms. The second kappa shape index (κ2) is 7.42. The average molecular weight is 374 g/mol. The number of hydrogen-bond acceptors (Lipinski definition) is 3. The van der Waals surface area contributed by atoms with Crippen LogP contribution in [0, 0.1) is 11.6 Å². The number of rotatable bonds is 3. The van der Waals surface area contributed by atoms with Crippen molar-refractivity contribution in [2.45, 2.75) is 25.4 Å². The smallest absolute Gasteiger partial charge is 0.318 e. The average Bonchev–Trinajstić information content (AvgIpc) is 3.18. The molecule has 1 atom stereocenters. The lowest BCUT2D eigenvalue weighted by atomic mass is 10.0. The van der Waals surface area contributed by atoms with Gasteiger partial charge in [-0.1, -0.05) is 6.07 Å². The van der Waals surface area contributed by atoms with Crippen LogP contribution in [-0.2, 0) is 6.54 Å².